The van der Waals surface area contributed by atoms with Gasteiger partial charge in [0.05, 0.1) is 12.2 Å². The topological polar surface area (TPSA) is 60.1 Å². The molecule has 1 aromatic rings. The first-order chi connectivity index (χ1) is 8.69. The number of halogens is 1. The molecule has 0 amide bonds. The fourth-order valence-electron chi connectivity index (χ4n) is 2.02. The third-order valence-corrected chi connectivity index (χ3v) is 3.36. The summed E-state index contributed by atoms with van der Waals surface area (Å²) in [5.74, 6) is 0.582. The van der Waals surface area contributed by atoms with Crippen LogP contribution >= 0.6 is 11.6 Å². The maximum Gasteiger partial charge on any atom is 0.149 e. The maximum atomic E-state index is 9.18. The monoisotopic (exact) mass is 267 g/mol. The zero-order valence-electron chi connectivity index (χ0n) is 10.7. The summed E-state index contributed by atoms with van der Waals surface area (Å²) in [7, 11) is 0. The summed E-state index contributed by atoms with van der Waals surface area (Å²) < 4.78 is 0. The quantitative estimate of drug-likeness (QED) is 0.861. The summed E-state index contributed by atoms with van der Waals surface area (Å²) in [6, 6.07) is 3.90. The van der Waals surface area contributed by atoms with Crippen molar-refractivity contribution in [1.82, 2.24) is 4.98 Å². The number of rotatable bonds is 6. The van der Waals surface area contributed by atoms with Crippen molar-refractivity contribution in [2.75, 3.05) is 18.1 Å². The van der Waals surface area contributed by atoms with Gasteiger partial charge in [-0.1, -0.05) is 25.4 Å². The first-order valence-electron chi connectivity index (χ1n) is 6.11. The third-order valence-electron chi connectivity index (χ3n) is 2.99. The van der Waals surface area contributed by atoms with Gasteiger partial charge in [0.2, 0.25) is 0 Å². The first kappa shape index (κ1) is 14.7. The number of anilines is 1. The number of aliphatic hydroxyl groups excluding tert-OH is 1. The Morgan fingerprint density at radius 2 is 2.17 bits per heavy atom. The molecule has 0 saturated carbocycles. The molecule has 0 aliphatic rings. The van der Waals surface area contributed by atoms with Crippen molar-refractivity contribution in [3.8, 4) is 6.07 Å². The normalized spacial score (nSPS) is 10.4. The van der Waals surface area contributed by atoms with Gasteiger partial charge in [0.15, 0.2) is 0 Å². The summed E-state index contributed by atoms with van der Waals surface area (Å²) in [4.78, 5) is 6.23. The Morgan fingerprint density at radius 1 is 1.50 bits per heavy atom. The fourth-order valence-corrected chi connectivity index (χ4v) is 2.28. The molecule has 0 saturated heterocycles. The van der Waals surface area contributed by atoms with Crippen LogP contribution in [0, 0.1) is 11.3 Å². The molecular formula is C13H18ClN3O. The van der Waals surface area contributed by atoms with E-state index in [0.29, 0.717) is 22.9 Å². The average molecular weight is 268 g/mol. The molecule has 18 heavy (non-hydrogen) atoms. The minimum atomic E-state index is 0.0330. The van der Waals surface area contributed by atoms with Crippen LogP contribution in [0.4, 0.5) is 5.82 Å². The van der Waals surface area contributed by atoms with Gasteiger partial charge in [0.25, 0.3) is 0 Å². The summed E-state index contributed by atoms with van der Waals surface area (Å²) in [6.07, 6.45) is 3.45. The molecule has 4 nitrogen and oxygen atoms in total. The van der Waals surface area contributed by atoms with Crippen molar-refractivity contribution in [2.24, 2.45) is 0 Å². The van der Waals surface area contributed by atoms with Crippen molar-refractivity contribution in [1.29, 1.82) is 5.26 Å². The number of nitriles is 1. The summed E-state index contributed by atoms with van der Waals surface area (Å²) >= 11 is 6.19. The van der Waals surface area contributed by atoms with E-state index in [4.69, 9.17) is 16.9 Å². The molecule has 1 rings (SSSR count). The Balaban J connectivity index is 3.17. The van der Waals surface area contributed by atoms with Crippen LogP contribution in [0.5, 0.6) is 0 Å². The van der Waals surface area contributed by atoms with Gasteiger partial charge in [-0.25, -0.2) is 4.98 Å². The number of hydrogen-bond acceptors (Lipinski definition) is 4. The smallest absolute Gasteiger partial charge is 0.149 e. The Kier molecular flexibility index (Phi) is 5.90. The minimum absolute atomic E-state index is 0.0330. The summed E-state index contributed by atoms with van der Waals surface area (Å²) in [6.45, 7) is 4.67. The van der Waals surface area contributed by atoms with Gasteiger partial charge in [-0.05, 0) is 18.9 Å². The average Bonchev–Trinajstić information content (AvgIpc) is 2.39. The predicted octanol–water partition coefficient (Wildman–Crippen LogP) is 2.59. The summed E-state index contributed by atoms with van der Waals surface area (Å²) in [5, 5.41) is 18.5. The van der Waals surface area contributed by atoms with Crippen LogP contribution in [0.2, 0.25) is 5.02 Å². The number of aromatic nitrogens is 1. The molecule has 98 valence electrons. The molecule has 1 aromatic heterocycles. The highest BCUT2D eigenvalue weighted by Gasteiger charge is 2.20. The van der Waals surface area contributed by atoms with E-state index in [2.05, 4.69) is 18.8 Å². The van der Waals surface area contributed by atoms with Gasteiger partial charge in [0.1, 0.15) is 16.9 Å². The molecule has 0 aromatic carbocycles. The van der Waals surface area contributed by atoms with E-state index in [-0.39, 0.29) is 12.6 Å². The van der Waals surface area contributed by atoms with E-state index >= 15 is 0 Å². The summed E-state index contributed by atoms with van der Waals surface area (Å²) in [5.41, 5.74) is 0.413. The molecule has 1 N–H and O–H groups in total. The fraction of sp³-hybridized carbons (Fsp3) is 0.538. The Bertz CT molecular complexity index is 427. The maximum absolute atomic E-state index is 9.18. The van der Waals surface area contributed by atoms with Gasteiger partial charge >= 0.3 is 0 Å². The van der Waals surface area contributed by atoms with Gasteiger partial charge < -0.3 is 10.0 Å². The van der Waals surface area contributed by atoms with E-state index in [1.807, 2.05) is 11.0 Å². The Morgan fingerprint density at radius 3 is 2.67 bits per heavy atom. The van der Waals surface area contributed by atoms with Gasteiger partial charge in [-0.3, -0.25) is 0 Å². The molecule has 5 heteroatoms. The van der Waals surface area contributed by atoms with Crippen molar-refractivity contribution >= 4 is 17.4 Å². The van der Waals surface area contributed by atoms with Crippen molar-refractivity contribution in [3.63, 3.8) is 0 Å². The minimum Gasteiger partial charge on any atom is -0.395 e. The SMILES string of the molecule is CCC(CC)N(CCO)c1nccc(C#N)c1Cl. The van der Waals surface area contributed by atoms with Crippen LogP contribution in [-0.2, 0) is 0 Å². The van der Waals surface area contributed by atoms with Crippen LogP contribution in [0.15, 0.2) is 12.3 Å². The number of hydrogen-bond donors (Lipinski definition) is 1. The highest BCUT2D eigenvalue weighted by atomic mass is 35.5. The van der Waals surface area contributed by atoms with E-state index in [1.54, 1.807) is 12.3 Å². The van der Waals surface area contributed by atoms with Gasteiger partial charge in [-0.2, -0.15) is 5.26 Å². The van der Waals surface area contributed by atoms with E-state index in [9.17, 15) is 5.11 Å². The number of nitrogens with zero attached hydrogens (tertiary/aromatic N) is 3. The molecule has 0 bridgehead atoms. The Hall–Kier alpha value is -1.31. The second-order valence-electron chi connectivity index (χ2n) is 4.00. The molecule has 0 atom stereocenters. The molecule has 1 heterocycles. The van der Waals surface area contributed by atoms with E-state index in [0.717, 1.165) is 12.8 Å². The molecule has 0 fully saturated rings. The van der Waals surface area contributed by atoms with E-state index in [1.165, 1.54) is 0 Å². The lowest BCUT2D eigenvalue weighted by Gasteiger charge is -2.31. The van der Waals surface area contributed by atoms with Gasteiger partial charge in [0, 0.05) is 18.8 Å². The second-order valence-corrected chi connectivity index (χ2v) is 4.37. The van der Waals surface area contributed by atoms with Crippen LogP contribution in [0.3, 0.4) is 0 Å². The molecule has 0 radical (unpaired) electrons. The highest BCUT2D eigenvalue weighted by molar-refractivity contribution is 6.34. The van der Waals surface area contributed by atoms with Gasteiger partial charge in [-0.15, -0.1) is 0 Å². The van der Waals surface area contributed by atoms with Crippen LogP contribution in [0.25, 0.3) is 0 Å². The molecule has 0 aliphatic carbocycles. The second kappa shape index (κ2) is 7.20. The lowest BCUT2D eigenvalue weighted by molar-refractivity contribution is 0.295. The largest absolute Gasteiger partial charge is 0.395 e. The van der Waals surface area contributed by atoms with Crippen LogP contribution in [0.1, 0.15) is 32.3 Å². The lowest BCUT2D eigenvalue weighted by atomic mass is 10.1. The lowest BCUT2D eigenvalue weighted by Crippen LogP contribution is -2.37. The first-order valence-corrected chi connectivity index (χ1v) is 6.49. The zero-order chi connectivity index (χ0) is 13.5. The molecular weight excluding hydrogens is 250 g/mol. The third kappa shape index (κ3) is 3.12. The zero-order valence-corrected chi connectivity index (χ0v) is 11.5. The van der Waals surface area contributed by atoms with Crippen LogP contribution in [-0.4, -0.2) is 29.3 Å². The predicted molar refractivity (Wildman–Crippen MR) is 72.8 cm³/mol. The Labute approximate surface area is 113 Å². The van der Waals surface area contributed by atoms with Crippen molar-refractivity contribution in [3.05, 3.63) is 22.8 Å². The van der Waals surface area contributed by atoms with Crippen molar-refractivity contribution < 1.29 is 5.11 Å². The van der Waals surface area contributed by atoms with Crippen LogP contribution < -0.4 is 4.90 Å². The van der Waals surface area contributed by atoms with Crippen molar-refractivity contribution in [2.45, 2.75) is 32.7 Å². The number of aliphatic hydroxyl groups is 1. The standard InChI is InChI=1S/C13H18ClN3O/c1-3-11(4-2)17(7-8-18)13-12(14)10(9-15)5-6-16-13/h5-6,11,18H,3-4,7-8H2,1-2H3. The molecule has 0 unspecified atom stereocenters. The highest BCUT2D eigenvalue weighted by Crippen LogP contribution is 2.28. The van der Waals surface area contributed by atoms with E-state index < -0.39 is 0 Å². The molecule has 0 spiro atoms. The molecule has 0 aliphatic heterocycles. The number of pyridine rings is 1.